The van der Waals surface area contributed by atoms with Gasteiger partial charge in [0.25, 0.3) is 5.91 Å². The van der Waals surface area contributed by atoms with E-state index in [1.54, 1.807) is 47.7 Å². The fraction of sp³-hybridized carbons (Fsp3) is 0.233. The molecule has 0 spiro atoms. The summed E-state index contributed by atoms with van der Waals surface area (Å²) in [6.07, 6.45) is 0. The minimum absolute atomic E-state index is 0.0773. The first-order valence-corrected chi connectivity index (χ1v) is 14.2. The van der Waals surface area contributed by atoms with E-state index in [1.807, 2.05) is 44.4 Å². The maximum absolute atomic E-state index is 13.2. The number of anilines is 2. The van der Waals surface area contributed by atoms with Gasteiger partial charge in [-0.05, 0) is 68.1 Å². The van der Waals surface area contributed by atoms with Gasteiger partial charge in [-0.1, -0.05) is 6.07 Å². The minimum Gasteiger partial charge on any atom is -0.496 e. The number of thiophene rings is 2. The summed E-state index contributed by atoms with van der Waals surface area (Å²) >= 11 is 2.77. The molecule has 3 heterocycles. The van der Waals surface area contributed by atoms with E-state index in [2.05, 4.69) is 5.32 Å². The molecule has 0 radical (unpaired) electrons. The van der Waals surface area contributed by atoms with Crippen LogP contribution in [0.4, 0.5) is 11.4 Å². The number of nitrogens with zero attached hydrogens (tertiary/aromatic N) is 1. The first-order valence-electron chi connectivity index (χ1n) is 12.5. The number of esters is 2. The second-order valence-electron chi connectivity index (χ2n) is 9.85. The molecule has 5 rings (SSSR count). The fourth-order valence-corrected chi connectivity index (χ4v) is 6.07. The second-order valence-corrected chi connectivity index (χ2v) is 11.9. The predicted octanol–water partition coefficient (Wildman–Crippen LogP) is 6.54. The molecule has 0 fully saturated rings. The summed E-state index contributed by atoms with van der Waals surface area (Å²) in [6, 6.07) is 14.2. The van der Waals surface area contributed by atoms with Crippen molar-refractivity contribution in [2.75, 3.05) is 24.4 Å². The van der Waals surface area contributed by atoms with E-state index < -0.39 is 17.5 Å². The molecule has 0 saturated carbocycles. The van der Waals surface area contributed by atoms with Crippen LogP contribution in [0.25, 0.3) is 11.1 Å². The Morgan fingerprint density at radius 1 is 1.02 bits per heavy atom. The highest BCUT2D eigenvalue weighted by Crippen LogP contribution is 2.45. The number of methoxy groups -OCH3 is 1. The number of aryl methyl sites for hydroxylation is 1. The van der Waals surface area contributed by atoms with Crippen LogP contribution in [0.1, 0.15) is 44.3 Å². The van der Waals surface area contributed by atoms with Crippen molar-refractivity contribution < 1.29 is 28.6 Å². The number of carbonyl (C=O) groups excluding carboxylic acids is 3. The Morgan fingerprint density at radius 2 is 1.80 bits per heavy atom. The van der Waals surface area contributed by atoms with Crippen molar-refractivity contribution in [3.8, 4) is 22.6 Å². The van der Waals surface area contributed by atoms with Gasteiger partial charge in [-0.15, -0.1) is 11.3 Å². The van der Waals surface area contributed by atoms with Crippen LogP contribution in [-0.2, 0) is 16.1 Å². The zero-order valence-electron chi connectivity index (χ0n) is 22.7. The van der Waals surface area contributed by atoms with Crippen LogP contribution in [0, 0.1) is 6.92 Å². The molecule has 206 valence electrons. The molecule has 2 aromatic carbocycles. The molecule has 0 atom stereocenters. The lowest BCUT2D eigenvalue weighted by Crippen LogP contribution is -2.52. The Bertz CT molecular complexity index is 1610. The average Bonchev–Trinajstić information content (AvgIpc) is 3.62. The number of carbonyl (C=O) groups is 3. The van der Waals surface area contributed by atoms with E-state index in [1.165, 1.54) is 29.8 Å². The van der Waals surface area contributed by atoms with Gasteiger partial charge >= 0.3 is 11.9 Å². The van der Waals surface area contributed by atoms with Crippen LogP contribution in [0.3, 0.4) is 0 Å². The van der Waals surface area contributed by atoms with Crippen molar-refractivity contribution in [3.05, 3.63) is 80.2 Å². The van der Waals surface area contributed by atoms with Crippen molar-refractivity contribution in [3.63, 3.8) is 0 Å². The van der Waals surface area contributed by atoms with E-state index in [0.29, 0.717) is 44.3 Å². The zero-order chi connectivity index (χ0) is 28.6. The predicted molar refractivity (Wildman–Crippen MR) is 157 cm³/mol. The van der Waals surface area contributed by atoms with Crippen molar-refractivity contribution in [2.45, 2.75) is 32.9 Å². The molecule has 0 aliphatic carbocycles. The summed E-state index contributed by atoms with van der Waals surface area (Å²) in [7, 11) is 3.24. The smallest absolute Gasteiger partial charge is 0.348 e. The van der Waals surface area contributed by atoms with Gasteiger partial charge in [0.15, 0.2) is 0 Å². The molecule has 40 heavy (non-hydrogen) atoms. The molecule has 0 saturated heterocycles. The molecule has 4 aromatic rings. The van der Waals surface area contributed by atoms with Gasteiger partial charge in [0.1, 0.15) is 28.5 Å². The summed E-state index contributed by atoms with van der Waals surface area (Å²) in [6.45, 7) is 5.49. The Hall–Kier alpha value is -4.15. The number of nitrogens with one attached hydrogen (secondary N) is 1. The van der Waals surface area contributed by atoms with Crippen molar-refractivity contribution in [2.24, 2.45) is 0 Å². The fourth-order valence-electron chi connectivity index (χ4n) is 4.69. The van der Waals surface area contributed by atoms with Crippen LogP contribution < -0.4 is 19.7 Å². The molecule has 1 aliphatic heterocycles. The van der Waals surface area contributed by atoms with Crippen molar-refractivity contribution in [1.82, 2.24) is 0 Å². The minimum atomic E-state index is -0.808. The van der Waals surface area contributed by atoms with Gasteiger partial charge < -0.3 is 24.4 Å². The standard InChI is InChI=1S/C30H28N2O6S2/c1-17-6-11-25(40-17)28(34)37-15-22-20(9-10-23-26(22)32(4)29(35)30(2,3)31-23)21-8-7-19(14-24(21)36-5)38-27(33)18-12-13-39-16-18/h6-14,16,31H,15H2,1-5H3. The van der Waals surface area contributed by atoms with E-state index >= 15 is 0 Å². The number of likely N-dealkylation sites (N-methyl/N-ethyl adjacent to an activating group) is 1. The summed E-state index contributed by atoms with van der Waals surface area (Å²) in [5.41, 5.74) is 3.06. The topological polar surface area (TPSA) is 94.2 Å². The number of ether oxygens (including phenoxy) is 3. The first-order chi connectivity index (χ1) is 19.1. The number of hydrogen-bond donors (Lipinski definition) is 1. The lowest BCUT2D eigenvalue weighted by Gasteiger charge is -2.39. The lowest BCUT2D eigenvalue weighted by molar-refractivity contribution is -0.121. The highest BCUT2D eigenvalue weighted by molar-refractivity contribution is 7.13. The normalized spacial score (nSPS) is 13.8. The molecule has 0 bridgehead atoms. The highest BCUT2D eigenvalue weighted by Gasteiger charge is 2.39. The number of fused-ring (bicyclic) bond motifs is 1. The van der Waals surface area contributed by atoms with Crippen LogP contribution >= 0.6 is 22.7 Å². The van der Waals surface area contributed by atoms with Gasteiger partial charge in [-0.25, -0.2) is 9.59 Å². The summed E-state index contributed by atoms with van der Waals surface area (Å²) in [5.74, 6) is -0.250. The maximum Gasteiger partial charge on any atom is 0.348 e. The lowest BCUT2D eigenvalue weighted by atomic mass is 9.91. The van der Waals surface area contributed by atoms with Crippen LogP contribution in [0.2, 0.25) is 0 Å². The molecule has 1 amide bonds. The van der Waals surface area contributed by atoms with E-state index in [9.17, 15) is 14.4 Å². The largest absolute Gasteiger partial charge is 0.496 e. The summed E-state index contributed by atoms with van der Waals surface area (Å²) in [4.78, 5) is 41.7. The Kier molecular flexibility index (Phi) is 7.39. The molecular formula is C30H28N2O6S2. The first kappa shape index (κ1) is 27.4. The third-order valence-corrected chi connectivity index (χ3v) is 8.29. The number of benzene rings is 2. The van der Waals surface area contributed by atoms with Crippen LogP contribution in [0.15, 0.2) is 59.3 Å². The molecule has 8 nitrogen and oxygen atoms in total. The monoisotopic (exact) mass is 576 g/mol. The van der Waals surface area contributed by atoms with Crippen LogP contribution in [-0.4, -0.2) is 37.5 Å². The third-order valence-electron chi connectivity index (χ3n) is 6.62. The summed E-state index contributed by atoms with van der Waals surface area (Å²) in [5, 5.41) is 6.84. The second kappa shape index (κ2) is 10.8. The highest BCUT2D eigenvalue weighted by atomic mass is 32.1. The van der Waals surface area contributed by atoms with E-state index in [0.717, 1.165) is 10.6 Å². The van der Waals surface area contributed by atoms with E-state index in [4.69, 9.17) is 14.2 Å². The molecule has 2 aromatic heterocycles. The van der Waals surface area contributed by atoms with Gasteiger partial charge in [-0.3, -0.25) is 4.79 Å². The van der Waals surface area contributed by atoms with Gasteiger partial charge in [0, 0.05) is 34.5 Å². The number of amides is 1. The SMILES string of the molecule is COc1cc(OC(=O)c2ccsc2)ccc1-c1ccc2c(c1COC(=O)c1ccc(C)s1)N(C)C(=O)C(C)(C)N2. The van der Waals surface area contributed by atoms with Crippen LogP contribution in [0.5, 0.6) is 11.5 Å². The van der Waals surface area contributed by atoms with Gasteiger partial charge in [0.05, 0.1) is 24.0 Å². The molecule has 1 N–H and O–H groups in total. The average molecular weight is 577 g/mol. The van der Waals surface area contributed by atoms with Gasteiger partial charge in [0.2, 0.25) is 0 Å². The number of rotatable bonds is 7. The molecule has 0 unspecified atom stereocenters. The van der Waals surface area contributed by atoms with Crippen molar-refractivity contribution >= 4 is 51.9 Å². The molecule has 10 heteroatoms. The Balaban J connectivity index is 1.56. The zero-order valence-corrected chi connectivity index (χ0v) is 24.3. The van der Waals surface area contributed by atoms with Gasteiger partial charge in [-0.2, -0.15) is 11.3 Å². The van der Waals surface area contributed by atoms with E-state index in [-0.39, 0.29) is 12.5 Å². The quantitative estimate of drug-likeness (QED) is 0.197. The Morgan fingerprint density at radius 3 is 2.48 bits per heavy atom. The summed E-state index contributed by atoms with van der Waals surface area (Å²) < 4.78 is 17.0. The van der Waals surface area contributed by atoms with Crippen molar-refractivity contribution in [1.29, 1.82) is 0 Å². The molecular weight excluding hydrogens is 548 g/mol. The third kappa shape index (κ3) is 5.20. The molecule has 1 aliphatic rings. The maximum atomic E-state index is 13.2. The Labute approximate surface area is 240 Å². The number of hydrogen-bond acceptors (Lipinski definition) is 9.